The Bertz CT molecular complexity index is 475. The van der Waals surface area contributed by atoms with E-state index in [-0.39, 0.29) is 17.3 Å². The van der Waals surface area contributed by atoms with E-state index >= 15 is 0 Å². The molecule has 18 heavy (non-hydrogen) atoms. The Labute approximate surface area is 104 Å². The molecule has 0 saturated carbocycles. The Hall–Kier alpha value is -1.95. The summed E-state index contributed by atoms with van der Waals surface area (Å²) in [7, 11) is 0. The van der Waals surface area contributed by atoms with Crippen LogP contribution in [0.15, 0.2) is 18.2 Å². The van der Waals surface area contributed by atoms with Crippen molar-refractivity contribution in [2.75, 3.05) is 24.7 Å². The third kappa shape index (κ3) is 2.33. The van der Waals surface area contributed by atoms with Gasteiger partial charge in [0.05, 0.1) is 23.7 Å². The molecule has 1 fully saturated rings. The van der Waals surface area contributed by atoms with Gasteiger partial charge in [-0.2, -0.15) is 0 Å². The molecule has 0 N–H and O–H groups in total. The van der Waals surface area contributed by atoms with E-state index in [9.17, 15) is 14.9 Å². The molecule has 6 heteroatoms. The van der Waals surface area contributed by atoms with E-state index in [0.717, 1.165) is 12.2 Å². The molecule has 1 unspecified atom stereocenters. The second-order valence-electron chi connectivity index (χ2n) is 4.24. The third-order valence-electron chi connectivity index (χ3n) is 3.03. The normalized spacial score (nSPS) is 19.6. The zero-order valence-corrected chi connectivity index (χ0v) is 10.0. The van der Waals surface area contributed by atoms with Crippen molar-refractivity contribution in [3.63, 3.8) is 0 Å². The molecule has 1 aromatic rings. The first-order valence-corrected chi connectivity index (χ1v) is 5.71. The second kappa shape index (κ2) is 5.14. The van der Waals surface area contributed by atoms with Gasteiger partial charge in [0.15, 0.2) is 6.29 Å². The van der Waals surface area contributed by atoms with Gasteiger partial charge in [0.25, 0.3) is 5.69 Å². The smallest absolute Gasteiger partial charge is 0.280 e. The van der Waals surface area contributed by atoms with Crippen LogP contribution in [0.1, 0.15) is 17.3 Å². The number of nitro groups is 1. The Kier molecular flexibility index (Phi) is 3.57. The summed E-state index contributed by atoms with van der Waals surface area (Å²) >= 11 is 0. The predicted molar refractivity (Wildman–Crippen MR) is 66.1 cm³/mol. The highest BCUT2D eigenvalue weighted by Gasteiger charge is 2.21. The van der Waals surface area contributed by atoms with Crippen LogP contribution in [0.2, 0.25) is 0 Å². The standard InChI is InChI=1S/C12H14N2O4/c1-9-8-18-5-4-13(9)11-2-3-12(14(16)17)10(6-11)7-15/h2-3,6-7,9H,4-5,8H2,1H3. The maximum absolute atomic E-state index is 10.9. The summed E-state index contributed by atoms with van der Waals surface area (Å²) in [5.74, 6) is 0. The molecule has 0 spiro atoms. The molecule has 6 nitrogen and oxygen atoms in total. The lowest BCUT2D eigenvalue weighted by Crippen LogP contribution is -2.43. The molecular weight excluding hydrogens is 236 g/mol. The molecule has 96 valence electrons. The number of morpholine rings is 1. The summed E-state index contributed by atoms with van der Waals surface area (Å²) in [4.78, 5) is 23.2. The molecule has 2 rings (SSSR count). The fourth-order valence-electron chi connectivity index (χ4n) is 2.09. The highest BCUT2D eigenvalue weighted by molar-refractivity contribution is 5.83. The van der Waals surface area contributed by atoms with Gasteiger partial charge in [-0.25, -0.2) is 0 Å². The van der Waals surface area contributed by atoms with Crippen LogP contribution < -0.4 is 4.90 Å². The number of hydrogen-bond acceptors (Lipinski definition) is 5. The molecule has 0 aromatic heterocycles. The van der Waals surface area contributed by atoms with Crippen LogP contribution in [0.5, 0.6) is 0 Å². The zero-order chi connectivity index (χ0) is 13.1. The van der Waals surface area contributed by atoms with Crippen molar-refractivity contribution in [1.82, 2.24) is 0 Å². The van der Waals surface area contributed by atoms with Gasteiger partial charge in [-0.05, 0) is 19.1 Å². The average molecular weight is 250 g/mol. The highest BCUT2D eigenvalue weighted by atomic mass is 16.6. The SMILES string of the molecule is CC1COCCN1c1ccc([N+](=O)[O-])c(C=O)c1. The number of nitrogens with zero attached hydrogens (tertiary/aromatic N) is 2. The first-order chi connectivity index (χ1) is 8.63. The molecule has 1 aliphatic heterocycles. The number of benzene rings is 1. The summed E-state index contributed by atoms with van der Waals surface area (Å²) < 4.78 is 5.33. The third-order valence-corrected chi connectivity index (χ3v) is 3.03. The average Bonchev–Trinajstić information content (AvgIpc) is 2.38. The summed E-state index contributed by atoms with van der Waals surface area (Å²) in [5.41, 5.74) is 0.768. The molecule has 1 aliphatic rings. The predicted octanol–water partition coefficient (Wildman–Crippen LogP) is 1.63. The van der Waals surface area contributed by atoms with Gasteiger partial charge in [-0.15, -0.1) is 0 Å². The van der Waals surface area contributed by atoms with E-state index in [4.69, 9.17) is 4.74 Å². The van der Waals surface area contributed by atoms with E-state index in [1.54, 1.807) is 12.1 Å². The Morgan fingerprint density at radius 3 is 2.94 bits per heavy atom. The molecule has 0 bridgehead atoms. The lowest BCUT2D eigenvalue weighted by atomic mass is 10.1. The molecule has 0 amide bonds. The van der Waals surface area contributed by atoms with Gasteiger partial charge in [-0.1, -0.05) is 0 Å². The van der Waals surface area contributed by atoms with Crippen molar-refractivity contribution in [1.29, 1.82) is 0 Å². The number of carbonyl (C=O) groups excluding carboxylic acids is 1. The molecule has 0 aliphatic carbocycles. The summed E-state index contributed by atoms with van der Waals surface area (Å²) in [6, 6.07) is 4.81. The van der Waals surface area contributed by atoms with E-state index in [0.29, 0.717) is 19.5 Å². The van der Waals surface area contributed by atoms with Crippen LogP contribution in [-0.2, 0) is 4.74 Å². The highest BCUT2D eigenvalue weighted by Crippen LogP contribution is 2.26. The lowest BCUT2D eigenvalue weighted by molar-refractivity contribution is -0.385. The minimum Gasteiger partial charge on any atom is -0.377 e. The van der Waals surface area contributed by atoms with Crippen molar-refractivity contribution < 1.29 is 14.5 Å². The van der Waals surface area contributed by atoms with Crippen LogP contribution in [-0.4, -0.2) is 37.0 Å². The van der Waals surface area contributed by atoms with Crippen molar-refractivity contribution in [2.24, 2.45) is 0 Å². The Morgan fingerprint density at radius 2 is 2.33 bits per heavy atom. The van der Waals surface area contributed by atoms with Gasteiger partial charge < -0.3 is 9.64 Å². The molecule has 1 atom stereocenters. The van der Waals surface area contributed by atoms with Crippen LogP contribution in [0.3, 0.4) is 0 Å². The molecular formula is C12H14N2O4. The van der Waals surface area contributed by atoms with Gasteiger partial charge in [0.1, 0.15) is 0 Å². The van der Waals surface area contributed by atoms with E-state index in [1.807, 2.05) is 6.92 Å². The van der Waals surface area contributed by atoms with Crippen LogP contribution in [0.4, 0.5) is 11.4 Å². The number of ether oxygens (including phenoxy) is 1. The van der Waals surface area contributed by atoms with Crippen molar-refractivity contribution in [3.8, 4) is 0 Å². The minimum atomic E-state index is -0.545. The first kappa shape index (κ1) is 12.5. The van der Waals surface area contributed by atoms with Crippen LogP contribution >= 0.6 is 0 Å². The number of rotatable bonds is 3. The van der Waals surface area contributed by atoms with E-state index in [2.05, 4.69) is 4.90 Å². The summed E-state index contributed by atoms with van der Waals surface area (Å²) in [5, 5.41) is 10.7. The summed E-state index contributed by atoms with van der Waals surface area (Å²) in [6.45, 7) is 3.98. The van der Waals surface area contributed by atoms with Crippen molar-refractivity contribution in [3.05, 3.63) is 33.9 Å². The molecule has 1 heterocycles. The lowest BCUT2D eigenvalue weighted by Gasteiger charge is -2.35. The van der Waals surface area contributed by atoms with Crippen molar-refractivity contribution >= 4 is 17.7 Å². The Morgan fingerprint density at radius 1 is 1.56 bits per heavy atom. The van der Waals surface area contributed by atoms with Gasteiger partial charge in [0, 0.05) is 24.3 Å². The van der Waals surface area contributed by atoms with E-state index in [1.165, 1.54) is 6.07 Å². The van der Waals surface area contributed by atoms with Crippen LogP contribution in [0.25, 0.3) is 0 Å². The largest absolute Gasteiger partial charge is 0.377 e. The first-order valence-electron chi connectivity index (χ1n) is 5.71. The maximum Gasteiger partial charge on any atom is 0.280 e. The molecule has 0 radical (unpaired) electrons. The fourth-order valence-corrected chi connectivity index (χ4v) is 2.09. The summed E-state index contributed by atoms with van der Waals surface area (Å²) in [6.07, 6.45) is 0.521. The van der Waals surface area contributed by atoms with Crippen molar-refractivity contribution in [2.45, 2.75) is 13.0 Å². The maximum atomic E-state index is 10.9. The number of hydrogen-bond donors (Lipinski definition) is 0. The monoisotopic (exact) mass is 250 g/mol. The quantitative estimate of drug-likeness (QED) is 0.463. The number of aldehydes is 1. The van der Waals surface area contributed by atoms with Gasteiger partial charge >= 0.3 is 0 Å². The van der Waals surface area contributed by atoms with Crippen LogP contribution in [0, 0.1) is 10.1 Å². The van der Waals surface area contributed by atoms with E-state index < -0.39 is 4.92 Å². The topological polar surface area (TPSA) is 72.7 Å². The zero-order valence-electron chi connectivity index (χ0n) is 10.0. The fraction of sp³-hybridized carbons (Fsp3) is 0.417. The van der Waals surface area contributed by atoms with Gasteiger partial charge in [0.2, 0.25) is 0 Å². The number of nitro benzene ring substituents is 1. The second-order valence-corrected chi connectivity index (χ2v) is 4.24. The number of anilines is 1. The molecule has 1 aromatic carbocycles. The number of carbonyl (C=O) groups is 1. The molecule has 1 saturated heterocycles. The minimum absolute atomic E-state index is 0.108. The van der Waals surface area contributed by atoms with Gasteiger partial charge in [-0.3, -0.25) is 14.9 Å². The Balaban J connectivity index is 2.34.